The number of nitrogens with zero attached hydrogens (tertiary/aromatic N) is 4. The second kappa shape index (κ2) is 6.35. The number of rotatable bonds is 3. The van der Waals surface area contributed by atoms with Gasteiger partial charge in [-0.05, 0) is 33.9 Å². The first kappa shape index (κ1) is 17.5. The van der Waals surface area contributed by atoms with E-state index in [2.05, 4.69) is 4.98 Å². The number of piperidine rings is 1. The van der Waals surface area contributed by atoms with Crippen molar-refractivity contribution >= 4 is 28.2 Å². The molecule has 1 atom stereocenters. The normalized spacial score (nSPS) is 22.5. The van der Waals surface area contributed by atoms with Crippen LogP contribution < -0.4 is 0 Å². The number of cyclic esters (lactones) is 1. The van der Waals surface area contributed by atoms with Crippen molar-refractivity contribution in [3.8, 4) is 0 Å². The highest BCUT2D eigenvalue weighted by molar-refractivity contribution is 7.15. The van der Waals surface area contributed by atoms with Gasteiger partial charge in [-0.3, -0.25) is 14.0 Å². The number of amides is 1. The zero-order valence-corrected chi connectivity index (χ0v) is 16.2. The first-order chi connectivity index (χ1) is 12.4. The van der Waals surface area contributed by atoms with Gasteiger partial charge in [0.15, 0.2) is 4.96 Å². The molecule has 2 aromatic heterocycles. The third-order valence-corrected chi connectivity index (χ3v) is 6.30. The molecule has 26 heavy (non-hydrogen) atoms. The molecule has 4 rings (SSSR count). The van der Waals surface area contributed by atoms with E-state index in [-0.39, 0.29) is 18.0 Å². The van der Waals surface area contributed by atoms with Crippen LogP contribution in [0, 0.1) is 12.3 Å². The van der Waals surface area contributed by atoms with Crippen LogP contribution in [-0.4, -0.2) is 70.9 Å². The molecule has 0 aromatic carbocycles. The maximum atomic E-state index is 13.0. The van der Waals surface area contributed by atoms with E-state index in [9.17, 15) is 9.59 Å². The van der Waals surface area contributed by atoms with Crippen LogP contribution in [0.5, 0.6) is 0 Å². The summed E-state index contributed by atoms with van der Waals surface area (Å²) in [5, 5.41) is 1.93. The van der Waals surface area contributed by atoms with Crippen molar-refractivity contribution in [2.75, 3.05) is 33.7 Å². The van der Waals surface area contributed by atoms with Crippen molar-refractivity contribution < 1.29 is 14.3 Å². The van der Waals surface area contributed by atoms with Crippen molar-refractivity contribution in [3.05, 3.63) is 23.0 Å². The van der Waals surface area contributed by atoms with Crippen molar-refractivity contribution in [3.63, 3.8) is 0 Å². The standard InChI is InChI=1S/C18H24N4O3S/c1-12-14(22-8-9-26-17(22)19-12)15(23)21-6-4-18(5-7-21)10-13(11-20(2)3)25-16(18)24/h8-9,13H,4-7,10-11H2,1-3H3. The van der Waals surface area contributed by atoms with Gasteiger partial charge in [-0.2, -0.15) is 0 Å². The van der Waals surface area contributed by atoms with Crippen LogP contribution in [0.25, 0.3) is 4.96 Å². The fourth-order valence-electron chi connectivity index (χ4n) is 4.19. The molecular weight excluding hydrogens is 352 g/mol. The fraction of sp³-hybridized carbons (Fsp3) is 0.611. The molecule has 0 saturated carbocycles. The molecule has 2 aliphatic heterocycles. The maximum Gasteiger partial charge on any atom is 0.312 e. The van der Waals surface area contributed by atoms with E-state index in [1.54, 1.807) is 0 Å². The number of aromatic nitrogens is 2. The molecule has 2 saturated heterocycles. The SMILES string of the molecule is Cc1nc2sccn2c1C(=O)N1CCC2(CC1)CC(CN(C)C)OC2=O. The zero-order valence-electron chi connectivity index (χ0n) is 15.4. The quantitative estimate of drug-likeness (QED) is 0.764. The van der Waals surface area contributed by atoms with Gasteiger partial charge < -0.3 is 14.5 Å². The third-order valence-electron chi connectivity index (χ3n) is 5.54. The van der Waals surface area contributed by atoms with Crippen molar-refractivity contribution in [2.45, 2.75) is 32.3 Å². The molecule has 0 aliphatic carbocycles. The number of imidazole rings is 1. The summed E-state index contributed by atoms with van der Waals surface area (Å²) in [6.45, 7) is 3.79. The Balaban J connectivity index is 1.47. The summed E-state index contributed by atoms with van der Waals surface area (Å²) in [5.74, 6) is -0.0864. The third kappa shape index (κ3) is 2.81. The number of carbonyl (C=O) groups is 2. The predicted molar refractivity (Wildman–Crippen MR) is 98.4 cm³/mol. The summed E-state index contributed by atoms with van der Waals surface area (Å²) >= 11 is 1.52. The van der Waals surface area contributed by atoms with Gasteiger partial charge in [0.25, 0.3) is 5.91 Å². The lowest BCUT2D eigenvalue weighted by atomic mass is 9.76. The molecule has 2 aliphatic rings. The van der Waals surface area contributed by atoms with Gasteiger partial charge in [0, 0.05) is 37.6 Å². The lowest BCUT2D eigenvalue weighted by molar-refractivity contribution is -0.150. The summed E-state index contributed by atoms with van der Waals surface area (Å²) in [6, 6.07) is 0. The van der Waals surface area contributed by atoms with Crippen molar-refractivity contribution in [2.24, 2.45) is 5.41 Å². The lowest BCUT2D eigenvalue weighted by Crippen LogP contribution is -2.45. The maximum absolute atomic E-state index is 13.0. The number of carbonyl (C=O) groups excluding carboxylic acids is 2. The van der Waals surface area contributed by atoms with Crippen LogP contribution >= 0.6 is 11.3 Å². The summed E-state index contributed by atoms with van der Waals surface area (Å²) in [4.78, 5) is 34.7. The minimum Gasteiger partial charge on any atom is -0.461 e. The predicted octanol–water partition coefficient (Wildman–Crippen LogP) is 1.80. The van der Waals surface area contributed by atoms with Gasteiger partial charge >= 0.3 is 5.97 Å². The number of likely N-dealkylation sites (N-methyl/N-ethyl adjacent to an activating group) is 1. The average Bonchev–Trinajstić information content (AvgIpc) is 3.21. The molecule has 2 aromatic rings. The number of aryl methyl sites for hydroxylation is 1. The van der Waals surface area contributed by atoms with Gasteiger partial charge in [-0.1, -0.05) is 0 Å². The molecular formula is C18H24N4O3S. The van der Waals surface area contributed by atoms with E-state index in [0.717, 1.165) is 23.6 Å². The first-order valence-corrected chi connectivity index (χ1v) is 9.85. The molecule has 1 spiro atoms. The molecule has 8 heteroatoms. The molecule has 1 unspecified atom stereocenters. The average molecular weight is 376 g/mol. The number of esters is 1. The number of thiazole rings is 1. The Hall–Kier alpha value is -1.93. The van der Waals surface area contributed by atoms with Gasteiger partial charge in [-0.25, -0.2) is 4.98 Å². The summed E-state index contributed by atoms with van der Waals surface area (Å²) in [6.07, 6.45) is 3.95. The van der Waals surface area contributed by atoms with Gasteiger partial charge in [0.2, 0.25) is 0 Å². The lowest BCUT2D eigenvalue weighted by Gasteiger charge is -2.36. The number of fused-ring (bicyclic) bond motifs is 1. The molecule has 7 nitrogen and oxygen atoms in total. The minimum absolute atomic E-state index is 0.000504. The highest BCUT2D eigenvalue weighted by atomic mass is 32.1. The smallest absolute Gasteiger partial charge is 0.312 e. The van der Waals surface area contributed by atoms with Crippen molar-refractivity contribution in [1.29, 1.82) is 0 Å². The highest BCUT2D eigenvalue weighted by Crippen LogP contribution is 2.43. The molecule has 1 amide bonds. The van der Waals surface area contributed by atoms with E-state index in [1.807, 2.05) is 46.8 Å². The number of hydrogen-bond acceptors (Lipinski definition) is 6. The van der Waals surface area contributed by atoms with Crippen LogP contribution in [0.4, 0.5) is 0 Å². The molecule has 0 bridgehead atoms. The number of likely N-dealkylation sites (tertiary alicyclic amines) is 1. The molecule has 0 N–H and O–H groups in total. The number of hydrogen-bond donors (Lipinski definition) is 0. The second-order valence-electron chi connectivity index (χ2n) is 7.67. The Bertz CT molecular complexity index is 848. The van der Waals surface area contributed by atoms with E-state index in [1.165, 1.54) is 11.3 Å². The monoisotopic (exact) mass is 376 g/mol. The van der Waals surface area contributed by atoms with Crippen LogP contribution in [0.15, 0.2) is 11.6 Å². The Morgan fingerprint density at radius 3 is 2.85 bits per heavy atom. The molecule has 2 fully saturated rings. The van der Waals surface area contributed by atoms with E-state index < -0.39 is 5.41 Å². The van der Waals surface area contributed by atoms with Crippen molar-refractivity contribution in [1.82, 2.24) is 19.2 Å². The molecule has 140 valence electrons. The van der Waals surface area contributed by atoms with Crippen LogP contribution in [0.1, 0.15) is 35.4 Å². The summed E-state index contributed by atoms with van der Waals surface area (Å²) in [5.41, 5.74) is 0.979. The van der Waals surface area contributed by atoms with E-state index in [4.69, 9.17) is 4.74 Å². The second-order valence-corrected chi connectivity index (χ2v) is 8.54. The topological polar surface area (TPSA) is 67.2 Å². The Morgan fingerprint density at radius 2 is 2.15 bits per heavy atom. The summed E-state index contributed by atoms with van der Waals surface area (Å²) in [7, 11) is 3.97. The Labute approximate surface area is 156 Å². The molecule has 0 radical (unpaired) electrons. The van der Waals surface area contributed by atoms with Crippen LogP contribution in [-0.2, 0) is 9.53 Å². The first-order valence-electron chi connectivity index (χ1n) is 8.97. The van der Waals surface area contributed by atoms with Gasteiger partial charge in [0.1, 0.15) is 11.8 Å². The highest BCUT2D eigenvalue weighted by Gasteiger charge is 2.51. The largest absolute Gasteiger partial charge is 0.461 e. The van der Waals surface area contributed by atoms with Crippen LogP contribution in [0.3, 0.4) is 0 Å². The minimum atomic E-state index is -0.415. The van der Waals surface area contributed by atoms with Gasteiger partial charge in [0.05, 0.1) is 11.1 Å². The number of ether oxygens (including phenoxy) is 1. The Kier molecular flexibility index (Phi) is 4.27. The fourth-order valence-corrected chi connectivity index (χ4v) is 4.95. The van der Waals surface area contributed by atoms with E-state index in [0.29, 0.717) is 31.6 Å². The van der Waals surface area contributed by atoms with E-state index >= 15 is 0 Å². The molecule has 4 heterocycles. The van der Waals surface area contributed by atoms with Gasteiger partial charge in [-0.15, -0.1) is 11.3 Å². The zero-order chi connectivity index (χ0) is 18.5. The summed E-state index contributed by atoms with van der Waals surface area (Å²) < 4.78 is 7.47. The van der Waals surface area contributed by atoms with Crippen LogP contribution in [0.2, 0.25) is 0 Å². The Morgan fingerprint density at radius 1 is 1.42 bits per heavy atom.